The molecular weight excluding hydrogens is 136 g/mol. The molecule has 0 amide bonds. The van der Waals surface area contributed by atoms with Gasteiger partial charge in [0.1, 0.15) is 0 Å². The lowest BCUT2D eigenvalue weighted by Gasteiger charge is -2.15. The van der Waals surface area contributed by atoms with Crippen LogP contribution in [0.15, 0.2) is 23.8 Å². The van der Waals surface area contributed by atoms with Crippen molar-refractivity contribution in [1.82, 2.24) is 0 Å². The number of allylic oxidation sites excluding steroid dienone is 4. The predicted molar refractivity (Wildman–Crippen MR) is 46.3 cm³/mol. The van der Waals surface area contributed by atoms with E-state index in [0.717, 1.165) is 12.0 Å². The highest BCUT2D eigenvalue weighted by atomic mass is 16.1. The van der Waals surface area contributed by atoms with E-state index in [2.05, 4.69) is 6.08 Å². The maximum Gasteiger partial charge on any atom is 0.158 e. The summed E-state index contributed by atoms with van der Waals surface area (Å²) in [4.78, 5) is 11.2. The summed E-state index contributed by atoms with van der Waals surface area (Å²) in [5.74, 6) is 0.760. The summed E-state index contributed by atoms with van der Waals surface area (Å²) in [6.07, 6.45) is 7.90. The molecule has 0 heterocycles. The maximum absolute atomic E-state index is 11.2. The molecule has 0 aromatic carbocycles. The largest absolute Gasteiger partial charge is 0.295 e. The molecule has 0 aliphatic heterocycles. The van der Waals surface area contributed by atoms with Crippen LogP contribution in [0.3, 0.4) is 0 Å². The molecule has 0 radical (unpaired) electrons. The summed E-state index contributed by atoms with van der Waals surface area (Å²) in [6, 6.07) is 0. The fourth-order valence-corrected chi connectivity index (χ4v) is 1.34. The van der Waals surface area contributed by atoms with Crippen molar-refractivity contribution < 1.29 is 4.79 Å². The van der Waals surface area contributed by atoms with Crippen molar-refractivity contribution in [3.8, 4) is 0 Å². The first-order chi connectivity index (χ1) is 5.24. The van der Waals surface area contributed by atoms with Crippen molar-refractivity contribution in [2.24, 2.45) is 5.92 Å². The summed E-state index contributed by atoms with van der Waals surface area (Å²) in [5.41, 5.74) is 0.936. The minimum atomic E-state index is 0.305. The van der Waals surface area contributed by atoms with Crippen molar-refractivity contribution in [3.63, 3.8) is 0 Å². The lowest BCUT2D eigenvalue weighted by atomic mass is 9.89. The second-order valence-electron chi connectivity index (χ2n) is 3.04. The van der Waals surface area contributed by atoms with Gasteiger partial charge in [0.25, 0.3) is 0 Å². The number of rotatable bonds is 1. The van der Waals surface area contributed by atoms with Gasteiger partial charge in [0.15, 0.2) is 5.78 Å². The fourth-order valence-electron chi connectivity index (χ4n) is 1.34. The molecule has 0 aromatic heterocycles. The normalized spacial score (nSPS) is 25.8. The lowest BCUT2D eigenvalue weighted by molar-refractivity contribution is -0.116. The molecule has 1 aliphatic rings. The first-order valence-corrected chi connectivity index (χ1v) is 4.07. The zero-order valence-electron chi connectivity index (χ0n) is 7.13. The first-order valence-electron chi connectivity index (χ1n) is 4.07. The standard InChI is InChI=1S/C10H14O/c1-3-4-9-6-5-8(2)10(11)7-9/h3-5,9H,6-7H2,1-2H3. The molecule has 0 saturated heterocycles. The Morgan fingerprint density at radius 3 is 2.91 bits per heavy atom. The van der Waals surface area contributed by atoms with Crippen molar-refractivity contribution in [2.45, 2.75) is 26.7 Å². The van der Waals surface area contributed by atoms with E-state index >= 15 is 0 Å². The van der Waals surface area contributed by atoms with Crippen LogP contribution in [-0.2, 0) is 4.79 Å². The highest BCUT2D eigenvalue weighted by Gasteiger charge is 2.16. The van der Waals surface area contributed by atoms with E-state index in [4.69, 9.17) is 0 Å². The summed E-state index contributed by atoms with van der Waals surface area (Å²) in [7, 11) is 0. The van der Waals surface area contributed by atoms with Crippen LogP contribution in [0.2, 0.25) is 0 Å². The van der Waals surface area contributed by atoms with Gasteiger partial charge < -0.3 is 0 Å². The maximum atomic E-state index is 11.2. The third kappa shape index (κ3) is 2.04. The van der Waals surface area contributed by atoms with E-state index in [1.54, 1.807) is 0 Å². The molecular formula is C10H14O. The average Bonchev–Trinajstić information content (AvgIpc) is 1.98. The molecule has 1 atom stereocenters. The molecule has 1 heteroatoms. The minimum Gasteiger partial charge on any atom is -0.295 e. The second kappa shape index (κ2) is 3.51. The fraction of sp³-hybridized carbons (Fsp3) is 0.500. The highest BCUT2D eigenvalue weighted by molar-refractivity contribution is 5.95. The van der Waals surface area contributed by atoms with Crippen molar-refractivity contribution >= 4 is 5.78 Å². The molecule has 0 N–H and O–H groups in total. The Balaban J connectivity index is 2.62. The Morgan fingerprint density at radius 1 is 1.64 bits per heavy atom. The molecule has 0 aromatic rings. The second-order valence-corrected chi connectivity index (χ2v) is 3.04. The lowest BCUT2D eigenvalue weighted by Crippen LogP contribution is -2.12. The van der Waals surface area contributed by atoms with Crippen LogP contribution in [0.4, 0.5) is 0 Å². The molecule has 1 nitrogen and oxygen atoms in total. The monoisotopic (exact) mass is 150 g/mol. The van der Waals surface area contributed by atoms with Crippen molar-refractivity contribution in [3.05, 3.63) is 23.8 Å². The Hall–Kier alpha value is -0.850. The third-order valence-corrected chi connectivity index (χ3v) is 2.08. The quantitative estimate of drug-likeness (QED) is 0.525. The van der Waals surface area contributed by atoms with Gasteiger partial charge in [-0.25, -0.2) is 0 Å². The molecule has 1 unspecified atom stereocenters. The summed E-state index contributed by atoms with van der Waals surface area (Å²) >= 11 is 0. The average molecular weight is 150 g/mol. The Morgan fingerprint density at radius 2 is 2.36 bits per heavy atom. The Labute approximate surface area is 67.8 Å². The predicted octanol–water partition coefficient (Wildman–Crippen LogP) is 2.49. The summed E-state index contributed by atoms with van der Waals surface area (Å²) in [6.45, 7) is 3.89. The van der Waals surface area contributed by atoms with Crippen LogP contribution in [0.5, 0.6) is 0 Å². The zero-order valence-corrected chi connectivity index (χ0v) is 7.13. The van der Waals surface area contributed by atoms with Crippen LogP contribution in [-0.4, -0.2) is 5.78 Å². The van der Waals surface area contributed by atoms with E-state index in [1.807, 2.05) is 26.0 Å². The van der Waals surface area contributed by atoms with Crippen molar-refractivity contribution in [1.29, 1.82) is 0 Å². The van der Waals surface area contributed by atoms with E-state index in [0.29, 0.717) is 18.1 Å². The number of carbonyl (C=O) groups excluding carboxylic acids is 1. The smallest absolute Gasteiger partial charge is 0.158 e. The van der Waals surface area contributed by atoms with Gasteiger partial charge in [0.2, 0.25) is 0 Å². The highest BCUT2D eigenvalue weighted by Crippen LogP contribution is 2.21. The van der Waals surface area contributed by atoms with Gasteiger partial charge in [-0.3, -0.25) is 4.79 Å². The van der Waals surface area contributed by atoms with Crippen LogP contribution < -0.4 is 0 Å². The van der Waals surface area contributed by atoms with E-state index in [-0.39, 0.29) is 0 Å². The summed E-state index contributed by atoms with van der Waals surface area (Å²) < 4.78 is 0. The molecule has 1 rings (SSSR count). The van der Waals surface area contributed by atoms with Crippen LogP contribution >= 0.6 is 0 Å². The van der Waals surface area contributed by atoms with Crippen LogP contribution in [0.25, 0.3) is 0 Å². The molecule has 60 valence electrons. The number of ketones is 1. The van der Waals surface area contributed by atoms with Gasteiger partial charge in [0, 0.05) is 6.42 Å². The van der Waals surface area contributed by atoms with Gasteiger partial charge in [-0.2, -0.15) is 0 Å². The van der Waals surface area contributed by atoms with Gasteiger partial charge in [0.05, 0.1) is 0 Å². The summed E-state index contributed by atoms with van der Waals surface area (Å²) in [5, 5.41) is 0. The molecule has 1 aliphatic carbocycles. The van der Waals surface area contributed by atoms with Gasteiger partial charge in [-0.05, 0) is 31.8 Å². The van der Waals surface area contributed by atoms with Gasteiger partial charge in [-0.1, -0.05) is 18.2 Å². The van der Waals surface area contributed by atoms with Crippen LogP contribution in [0.1, 0.15) is 26.7 Å². The Bertz CT molecular complexity index is 211. The zero-order chi connectivity index (χ0) is 8.27. The SMILES string of the molecule is CC=CC1CC=C(C)C(=O)C1. The van der Waals surface area contributed by atoms with E-state index in [1.165, 1.54) is 0 Å². The van der Waals surface area contributed by atoms with Gasteiger partial charge in [-0.15, -0.1) is 0 Å². The molecule has 0 saturated carbocycles. The Kier molecular flexibility index (Phi) is 2.64. The third-order valence-electron chi connectivity index (χ3n) is 2.08. The number of carbonyl (C=O) groups is 1. The molecule has 0 spiro atoms. The van der Waals surface area contributed by atoms with Gasteiger partial charge >= 0.3 is 0 Å². The number of hydrogen-bond donors (Lipinski definition) is 0. The van der Waals surface area contributed by atoms with Crippen molar-refractivity contribution in [2.75, 3.05) is 0 Å². The first kappa shape index (κ1) is 8.25. The van der Waals surface area contributed by atoms with E-state index in [9.17, 15) is 4.79 Å². The minimum absolute atomic E-state index is 0.305. The molecule has 0 bridgehead atoms. The van der Waals surface area contributed by atoms with E-state index < -0.39 is 0 Å². The molecule has 11 heavy (non-hydrogen) atoms. The molecule has 0 fully saturated rings. The van der Waals surface area contributed by atoms with Crippen LogP contribution in [0, 0.1) is 5.92 Å². The topological polar surface area (TPSA) is 17.1 Å². The number of hydrogen-bond acceptors (Lipinski definition) is 1. The number of Topliss-reactive ketones (excluding diaryl/α,β-unsaturated/α-hetero) is 1.